The number of esters is 1. The highest BCUT2D eigenvalue weighted by atomic mass is 35.5. The summed E-state index contributed by atoms with van der Waals surface area (Å²) in [4.78, 5) is 16.6. The van der Waals surface area contributed by atoms with Crippen LogP contribution in [0.15, 0.2) is 18.2 Å². The molecular weight excluding hydrogens is 331 g/mol. The van der Waals surface area contributed by atoms with Crippen LogP contribution in [-0.2, 0) is 4.74 Å². The highest BCUT2D eigenvalue weighted by Gasteiger charge is 2.18. The monoisotopic (exact) mass is 344 g/mol. The maximum atomic E-state index is 11.6. The number of aryl methyl sites for hydroxylation is 1. The molecule has 112 valence electrons. The van der Waals surface area contributed by atoms with Gasteiger partial charge in [0.25, 0.3) is 0 Å². The Balaban J connectivity index is 2.19. The quantitative estimate of drug-likeness (QED) is 0.815. The van der Waals surface area contributed by atoms with Crippen molar-refractivity contribution in [1.29, 1.82) is 0 Å². The van der Waals surface area contributed by atoms with Crippen molar-refractivity contribution in [2.45, 2.75) is 19.9 Å². The van der Waals surface area contributed by atoms with Crippen LogP contribution in [0.3, 0.4) is 0 Å². The maximum absolute atomic E-state index is 11.6. The topological polar surface area (TPSA) is 51.2 Å². The van der Waals surface area contributed by atoms with E-state index in [9.17, 15) is 4.79 Å². The molecule has 1 heterocycles. The van der Waals surface area contributed by atoms with Gasteiger partial charge in [0.1, 0.15) is 0 Å². The van der Waals surface area contributed by atoms with Gasteiger partial charge in [-0.25, -0.2) is 9.78 Å². The van der Waals surface area contributed by atoms with Crippen molar-refractivity contribution in [3.63, 3.8) is 0 Å². The first-order valence-electron chi connectivity index (χ1n) is 6.19. The summed E-state index contributed by atoms with van der Waals surface area (Å²) < 4.78 is 4.69. The van der Waals surface area contributed by atoms with E-state index >= 15 is 0 Å². The number of ether oxygens (including phenoxy) is 1. The van der Waals surface area contributed by atoms with E-state index in [0.717, 1.165) is 10.4 Å². The third-order valence-corrected chi connectivity index (χ3v) is 4.41. The largest absolute Gasteiger partial charge is 0.464 e. The lowest BCUT2D eigenvalue weighted by Gasteiger charge is -2.15. The zero-order valence-electron chi connectivity index (χ0n) is 11.7. The van der Waals surface area contributed by atoms with Gasteiger partial charge in [-0.1, -0.05) is 29.3 Å². The minimum absolute atomic E-state index is 0.0641. The summed E-state index contributed by atoms with van der Waals surface area (Å²) in [5.41, 5.74) is 1.24. The van der Waals surface area contributed by atoms with E-state index in [1.54, 1.807) is 12.1 Å². The fourth-order valence-electron chi connectivity index (χ4n) is 1.86. The summed E-state index contributed by atoms with van der Waals surface area (Å²) in [6, 6.07) is 5.28. The van der Waals surface area contributed by atoms with Crippen LogP contribution < -0.4 is 5.32 Å². The minimum Gasteiger partial charge on any atom is -0.464 e. The number of thiazole rings is 1. The number of rotatable bonds is 4. The van der Waals surface area contributed by atoms with Gasteiger partial charge in [0, 0.05) is 14.9 Å². The summed E-state index contributed by atoms with van der Waals surface area (Å²) in [5, 5.41) is 5.05. The molecule has 0 radical (unpaired) electrons. The van der Waals surface area contributed by atoms with Crippen LogP contribution in [0.5, 0.6) is 0 Å². The average molecular weight is 345 g/mol. The maximum Gasteiger partial charge on any atom is 0.357 e. The Bertz CT molecular complexity index is 673. The lowest BCUT2D eigenvalue weighted by Crippen LogP contribution is -2.08. The van der Waals surface area contributed by atoms with Gasteiger partial charge < -0.3 is 10.1 Å². The van der Waals surface area contributed by atoms with Gasteiger partial charge in [0.05, 0.1) is 13.2 Å². The molecule has 1 atom stereocenters. The van der Waals surface area contributed by atoms with Gasteiger partial charge >= 0.3 is 5.97 Å². The number of hydrogen-bond donors (Lipinski definition) is 1. The fourth-order valence-corrected chi connectivity index (χ4v) is 3.32. The number of methoxy groups -OCH3 is 1. The summed E-state index contributed by atoms with van der Waals surface area (Å²) >= 11 is 13.5. The van der Waals surface area contributed by atoms with Crippen LogP contribution >= 0.6 is 34.5 Å². The zero-order chi connectivity index (χ0) is 15.6. The normalized spacial score (nSPS) is 12.0. The van der Waals surface area contributed by atoms with E-state index in [2.05, 4.69) is 10.3 Å². The lowest BCUT2D eigenvalue weighted by atomic mass is 10.1. The van der Waals surface area contributed by atoms with Crippen LogP contribution in [-0.4, -0.2) is 18.1 Å². The molecule has 0 bridgehead atoms. The number of halogens is 2. The summed E-state index contributed by atoms with van der Waals surface area (Å²) in [7, 11) is 1.34. The number of benzene rings is 1. The van der Waals surface area contributed by atoms with Crippen molar-refractivity contribution in [2.75, 3.05) is 12.4 Å². The number of hydrogen-bond acceptors (Lipinski definition) is 5. The summed E-state index contributed by atoms with van der Waals surface area (Å²) in [6.07, 6.45) is 0. The Morgan fingerprint density at radius 2 is 2.14 bits per heavy atom. The van der Waals surface area contributed by atoms with Crippen molar-refractivity contribution in [3.8, 4) is 0 Å². The average Bonchev–Trinajstić information content (AvgIpc) is 2.78. The number of anilines is 1. The second-order valence-electron chi connectivity index (χ2n) is 4.45. The summed E-state index contributed by atoms with van der Waals surface area (Å²) in [5.74, 6) is -0.436. The number of nitrogens with zero attached hydrogens (tertiary/aromatic N) is 1. The van der Waals surface area contributed by atoms with Gasteiger partial charge in [-0.2, -0.15) is 0 Å². The van der Waals surface area contributed by atoms with Gasteiger partial charge in [-0.15, -0.1) is 11.3 Å². The molecule has 0 aliphatic carbocycles. The van der Waals surface area contributed by atoms with Crippen LogP contribution in [0, 0.1) is 6.92 Å². The molecule has 2 aromatic rings. The van der Waals surface area contributed by atoms with E-state index in [0.29, 0.717) is 20.9 Å². The highest BCUT2D eigenvalue weighted by molar-refractivity contribution is 7.15. The van der Waals surface area contributed by atoms with Gasteiger partial charge in [0.15, 0.2) is 10.8 Å². The molecular formula is C14H14Cl2N2O2S. The SMILES string of the molecule is COC(=O)c1nc(NC(C)c2ccc(Cl)cc2Cl)sc1C. The Labute approximate surface area is 137 Å². The van der Waals surface area contributed by atoms with E-state index in [4.69, 9.17) is 27.9 Å². The van der Waals surface area contributed by atoms with E-state index in [1.807, 2.05) is 19.9 Å². The zero-order valence-corrected chi connectivity index (χ0v) is 14.1. The molecule has 21 heavy (non-hydrogen) atoms. The standard InChI is InChI=1S/C14H14Cl2N2O2S/c1-7(10-5-4-9(15)6-11(10)16)17-14-18-12(8(2)21-14)13(19)20-3/h4-7H,1-3H3,(H,17,18). The summed E-state index contributed by atoms with van der Waals surface area (Å²) in [6.45, 7) is 3.79. The smallest absolute Gasteiger partial charge is 0.357 e. The first-order chi connectivity index (χ1) is 9.92. The minimum atomic E-state index is -0.436. The molecule has 0 fully saturated rings. The second kappa shape index (κ2) is 6.64. The van der Waals surface area contributed by atoms with Crippen molar-refractivity contribution in [2.24, 2.45) is 0 Å². The second-order valence-corrected chi connectivity index (χ2v) is 6.49. The van der Waals surface area contributed by atoms with E-state index < -0.39 is 5.97 Å². The van der Waals surface area contributed by atoms with Crippen LogP contribution in [0.1, 0.15) is 33.9 Å². The molecule has 1 aromatic carbocycles. The molecule has 2 rings (SSSR count). The van der Waals surface area contributed by atoms with Crippen LogP contribution in [0.25, 0.3) is 0 Å². The molecule has 0 amide bonds. The molecule has 1 unspecified atom stereocenters. The third kappa shape index (κ3) is 3.67. The number of carbonyl (C=O) groups is 1. The van der Waals surface area contributed by atoms with E-state index in [1.165, 1.54) is 18.4 Å². The molecule has 7 heteroatoms. The van der Waals surface area contributed by atoms with Crippen molar-refractivity contribution >= 4 is 45.6 Å². The molecule has 0 saturated carbocycles. The molecule has 0 aliphatic heterocycles. The number of nitrogens with one attached hydrogen (secondary N) is 1. The highest BCUT2D eigenvalue weighted by Crippen LogP contribution is 2.30. The van der Waals surface area contributed by atoms with Gasteiger partial charge in [-0.05, 0) is 31.5 Å². The predicted octanol–water partition coefficient (Wildman–Crippen LogP) is 4.72. The van der Waals surface area contributed by atoms with Crippen LogP contribution in [0.4, 0.5) is 5.13 Å². The van der Waals surface area contributed by atoms with Crippen LogP contribution in [0.2, 0.25) is 10.0 Å². The van der Waals surface area contributed by atoms with Crippen molar-refractivity contribution in [1.82, 2.24) is 4.98 Å². The fraction of sp³-hybridized carbons (Fsp3) is 0.286. The lowest BCUT2D eigenvalue weighted by molar-refractivity contribution is 0.0594. The molecule has 1 aromatic heterocycles. The molecule has 0 aliphatic rings. The van der Waals surface area contributed by atoms with Gasteiger partial charge in [-0.3, -0.25) is 0 Å². The number of carbonyl (C=O) groups excluding carboxylic acids is 1. The first kappa shape index (κ1) is 16.1. The molecule has 0 saturated heterocycles. The predicted molar refractivity (Wildman–Crippen MR) is 86.7 cm³/mol. The Kier molecular flexibility index (Phi) is 5.08. The Hall–Kier alpha value is -1.30. The molecule has 1 N–H and O–H groups in total. The number of aromatic nitrogens is 1. The molecule has 4 nitrogen and oxygen atoms in total. The Morgan fingerprint density at radius 1 is 1.43 bits per heavy atom. The van der Waals surface area contributed by atoms with E-state index in [-0.39, 0.29) is 6.04 Å². The van der Waals surface area contributed by atoms with Crippen molar-refractivity contribution < 1.29 is 9.53 Å². The third-order valence-electron chi connectivity index (χ3n) is 2.94. The molecule has 0 spiro atoms. The van der Waals surface area contributed by atoms with Gasteiger partial charge in [0.2, 0.25) is 0 Å². The van der Waals surface area contributed by atoms with Crippen molar-refractivity contribution in [3.05, 3.63) is 44.4 Å². The first-order valence-corrected chi connectivity index (χ1v) is 7.77. The Morgan fingerprint density at radius 3 is 2.76 bits per heavy atom.